The zero-order valence-electron chi connectivity index (χ0n) is 10.5. The van der Waals surface area contributed by atoms with Gasteiger partial charge in [-0.25, -0.2) is 4.98 Å². The number of rotatable bonds is 4. The van der Waals surface area contributed by atoms with Gasteiger partial charge in [0.05, 0.1) is 23.4 Å². The van der Waals surface area contributed by atoms with E-state index in [0.717, 1.165) is 0 Å². The lowest BCUT2D eigenvalue weighted by Crippen LogP contribution is -1.94. The molecule has 0 aliphatic rings. The summed E-state index contributed by atoms with van der Waals surface area (Å²) in [6, 6.07) is 6.49. The van der Waals surface area contributed by atoms with E-state index in [-0.39, 0.29) is 5.75 Å². The molecule has 0 amide bonds. The first-order chi connectivity index (χ1) is 9.60. The second-order valence-electron chi connectivity index (χ2n) is 3.79. The van der Waals surface area contributed by atoms with Crippen LogP contribution in [0.5, 0.6) is 11.5 Å². The van der Waals surface area contributed by atoms with E-state index < -0.39 is 0 Å². The molecule has 0 bridgehead atoms. The van der Waals surface area contributed by atoms with Gasteiger partial charge in [0.1, 0.15) is 0 Å². The molecule has 2 N–H and O–H groups in total. The quantitative estimate of drug-likeness (QED) is 0.669. The number of anilines is 1. The molecule has 0 unspecified atom stereocenters. The Morgan fingerprint density at radius 1 is 1.35 bits per heavy atom. The molecule has 2 rings (SSSR count). The number of aromatic hydroxyl groups is 1. The third-order valence-electron chi connectivity index (χ3n) is 2.39. The molecule has 0 radical (unpaired) electrons. The van der Waals surface area contributed by atoms with Gasteiger partial charge in [-0.15, -0.1) is 0 Å². The Bertz CT molecular complexity index is 648. The van der Waals surface area contributed by atoms with Gasteiger partial charge < -0.3 is 9.84 Å². The molecular weight excluding hydrogens is 301 g/mol. The van der Waals surface area contributed by atoms with E-state index in [9.17, 15) is 5.11 Å². The van der Waals surface area contributed by atoms with E-state index in [1.807, 2.05) is 0 Å². The average Bonchev–Trinajstić information content (AvgIpc) is 2.41. The first kappa shape index (κ1) is 14.4. The Hall–Kier alpha value is -1.98. The summed E-state index contributed by atoms with van der Waals surface area (Å²) < 4.78 is 4.95. The number of nitrogens with one attached hydrogen (secondary N) is 1. The number of ether oxygens (including phenoxy) is 1. The topological polar surface area (TPSA) is 66.7 Å². The predicted octanol–water partition coefficient (Wildman–Crippen LogP) is 3.55. The number of benzene rings is 1. The highest BCUT2D eigenvalue weighted by atomic mass is 35.5. The number of halogens is 2. The summed E-state index contributed by atoms with van der Waals surface area (Å²) in [5.41, 5.74) is 3.39. The molecule has 7 heteroatoms. The van der Waals surface area contributed by atoms with Gasteiger partial charge in [0.2, 0.25) is 0 Å². The van der Waals surface area contributed by atoms with Crippen LogP contribution in [-0.2, 0) is 0 Å². The third-order valence-corrected chi connectivity index (χ3v) is 2.89. The number of pyridine rings is 1. The van der Waals surface area contributed by atoms with Gasteiger partial charge in [-0.2, -0.15) is 5.10 Å². The highest BCUT2D eigenvalue weighted by molar-refractivity contribution is 6.35. The number of phenolic OH excluding ortho intramolecular Hbond substituents is 1. The largest absolute Gasteiger partial charge is 0.504 e. The fourth-order valence-corrected chi connectivity index (χ4v) is 1.87. The van der Waals surface area contributed by atoms with Gasteiger partial charge in [-0.3, -0.25) is 5.43 Å². The summed E-state index contributed by atoms with van der Waals surface area (Å²) in [5.74, 6) is 0.835. The number of nitrogens with zero attached hydrogens (tertiary/aromatic N) is 2. The number of hydrogen-bond acceptors (Lipinski definition) is 5. The van der Waals surface area contributed by atoms with Crippen LogP contribution in [0, 0.1) is 0 Å². The van der Waals surface area contributed by atoms with Crippen molar-refractivity contribution in [3.63, 3.8) is 0 Å². The van der Waals surface area contributed by atoms with Crippen molar-refractivity contribution >= 4 is 35.2 Å². The Balaban J connectivity index is 2.08. The lowest BCUT2D eigenvalue weighted by Gasteiger charge is -2.04. The lowest BCUT2D eigenvalue weighted by atomic mass is 10.2. The molecule has 2 aromatic rings. The van der Waals surface area contributed by atoms with Gasteiger partial charge in [-0.05, 0) is 29.8 Å². The summed E-state index contributed by atoms with van der Waals surface area (Å²) in [6.07, 6.45) is 2.98. The van der Waals surface area contributed by atoms with Gasteiger partial charge in [0.15, 0.2) is 17.3 Å². The van der Waals surface area contributed by atoms with Crippen LogP contribution < -0.4 is 10.2 Å². The van der Waals surface area contributed by atoms with Crippen LogP contribution in [0.2, 0.25) is 10.0 Å². The Morgan fingerprint density at radius 3 is 2.80 bits per heavy atom. The SMILES string of the molecule is COc1ccc(/C=N/Nc2ncc(Cl)cc2Cl)cc1O. The number of hydrogen-bond donors (Lipinski definition) is 2. The minimum atomic E-state index is 0.0408. The number of methoxy groups -OCH3 is 1. The van der Waals surface area contributed by atoms with Crippen LogP contribution in [0.4, 0.5) is 5.82 Å². The molecule has 0 aliphatic carbocycles. The van der Waals surface area contributed by atoms with Gasteiger partial charge in [0.25, 0.3) is 0 Å². The summed E-state index contributed by atoms with van der Waals surface area (Å²) in [4.78, 5) is 4.00. The molecule has 1 aromatic heterocycles. The second-order valence-corrected chi connectivity index (χ2v) is 4.63. The summed E-state index contributed by atoms with van der Waals surface area (Å²) in [7, 11) is 1.48. The standard InChI is InChI=1S/C13H11Cl2N3O2/c1-20-12-3-2-8(4-11(12)19)6-17-18-13-10(15)5-9(14)7-16-13/h2-7,19H,1H3,(H,16,18)/b17-6+. The molecule has 104 valence electrons. The van der Waals surface area contributed by atoms with E-state index in [1.165, 1.54) is 25.6 Å². The van der Waals surface area contributed by atoms with Crippen molar-refractivity contribution in [2.75, 3.05) is 12.5 Å². The third kappa shape index (κ3) is 3.53. The van der Waals surface area contributed by atoms with E-state index in [1.54, 1.807) is 18.2 Å². The maximum atomic E-state index is 9.63. The summed E-state index contributed by atoms with van der Waals surface area (Å²) in [6.45, 7) is 0. The molecule has 0 fully saturated rings. The first-order valence-electron chi connectivity index (χ1n) is 5.57. The molecule has 20 heavy (non-hydrogen) atoms. The minimum absolute atomic E-state index is 0.0408. The zero-order valence-corrected chi connectivity index (χ0v) is 12.0. The number of aromatic nitrogens is 1. The van der Waals surface area contributed by atoms with E-state index in [0.29, 0.717) is 27.2 Å². The van der Waals surface area contributed by atoms with Crippen LogP contribution in [0.3, 0.4) is 0 Å². The average molecular weight is 312 g/mol. The Kier molecular flexibility index (Phi) is 4.65. The number of hydrazone groups is 1. The van der Waals surface area contributed by atoms with Crippen molar-refractivity contribution in [3.05, 3.63) is 46.1 Å². The first-order valence-corrected chi connectivity index (χ1v) is 6.33. The molecule has 0 saturated heterocycles. The molecule has 1 aromatic carbocycles. The van der Waals surface area contributed by atoms with Crippen LogP contribution in [0.25, 0.3) is 0 Å². The summed E-state index contributed by atoms with van der Waals surface area (Å²) in [5, 5.41) is 14.4. The Labute approximate surface area is 125 Å². The van der Waals surface area contributed by atoms with E-state index in [4.69, 9.17) is 27.9 Å². The molecular formula is C13H11Cl2N3O2. The minimum Gasteiger partial charge on any atom is -0.504 e. The maximum Gasteiger partial charge on any atom is 0.165 e. The van der Waals surface area contributed by atoms with Gasteiger partial charge in [-0.1, -0.05) is 23.2 Å². The van der Waals surface area contributed by atoms with Crippen molar-refractivity contribution in [1.82, 2.24) is 4.98 Å². The smallest absolute Gasteiger partial charge is 0.165 e. The van der Waals surface area contributed by atoms with Crippen molar-refractivity contribution in [2.45, 2.75) is 0 Å². The Morgan fingerprint density at radius 2 is 2.15 bits per heavy atom. The van der Waals surface area contributed by atoms with Crippen molar-refractivity contribution in [1.29, 1.82) is 0 Å². The molecule has 1 heterocycles. The fraction of sp³-hybridized carbons (Fsp3) is 0.0769. The zero-order chi connectivity index (χ0) is 14.5. The van der Waals surface area contributed by atoms with Gasteiger partial charge in [0, 0.05) is 6.20 Å². The summed E-state index contributed by atoms with van der Waals surface area (Å²) >= 11 is 11.7. The van der Waals surface area contributed by atoms with Crippen LogP contribution in [-0.4, -0.2) is 23.4 Å². The van der Waals surface area contributed by atoms with E-state index >= 15 is 0 Å². The molecule has 0 spiro atoms. The maximum absolute atomic E-state index is 9.63. The predicted molar refractivity (Wildman–Crippen MR) is 80.1 cm³/mol. The van der Waals surface area contributed by atoms with Crippen molar-refractivity contribution in [3.8, 4) is 11.5 Å². The van der Waals surface area contributed by atoms with Gasteiger partial charge >= 0.3 is 0 Å². The second kappa shape index (κ2) is 6.45. The van der Waals surface area contributed by atoms with Crippen LogP contribution in [0.15, 0.2) is 35.6 Å². The van der Waals surface area contributed by atoms with Crippen molar-refractivity contribution < 1.29 is 9.84 Å². The monoisotopic (exact) mass is 311 g/mol. The highest BCUT2D eigenvalue weighted by Gasteiger charge is 2.02. The van der Waals surface area contributed by atoms with Crippen LogP contribution >= 0.6 is 23.2 Å². The molecule has 5 nitrogen and oxygen atoms in total. The van der Waals surface area contributed by atoms with Crippen LogP contribution in [0.1, 0.15) is 5.56 Å². The fourth-order valence-electron chi connectivity index (χ4n) is 1.45. The molecule has 0 atom stereocenters. The molecule has 0 saturated carbocycles. The van der Waals surface area contributed by atoms with E-state index in [2.05, 4.69) is 15.5 Å². The highest BCUT2D eigenvalue weighted by Crippen LogP contribution is 2.25. The molecule has 0 aliphatic heterocycles. The van der Waals surface area contributed by atoms with Crippen molar-refractivity contribution in [2.24, 2.45) is 5.10 Å². The normalized spacial score (nSPS) is 10.8. The lowest BCUT2D eigenvalue weighted by molar-refractivity contribution is 0.373. The number of phenols is 1.